The van der Waals surface area contributed by atoms with Crippen LogP contribution in [0.5, 0.6) is 0 Å². The highest BCUT2D eigenvalue weighted by atomic mass is 35.5. The van der Waals surface area contributed by atoms with Crippen LogP contribution in [-0.4, -0.2) is 32.7 Å². The Balaban J connectivity index is 1.50. The van der Waals surface area contributed by atoms with E-state index in [2.05, 4.69) is 25.4 Å². The van der Waals surface area contributed by atoms with Crippen molar-refractivity contribution in [2.24, 2.45) is 5.16 Å². The Kier molecular flexibility index (Phi) is 6.66. The maximum atomic E-state index is 14.4. The Hall–Kier alpha value is -3.83. The van der Waals surface area contributed by atoms with E-state index in [1.165, 1.54) is 24.5 Å². The lowest BCUT2D eigenvalue weighted by Crippen LogP contribution is -2.42. The molecule has 1 N–H and O–H groups in total. The summed E-state index contributed by atoms with van der Waals surface area (Å²) in [6, 6.07) is 7.79. The molecule has 1 aliphatic heterocycles. The summed E-state index contributed by atoms with van der Waals surface area (Å²) in [4.78, 5) is 30.1. The number of aromatic nitrogens is 3. The van der Waals surface area contributed by atoms with E-state index in [9.17, 15) is 22.4 Å². The Bertz CT molecular complexity index is 1560. The second-order valence-electron chi connectivity index (χ2n) is 8.31. The van der Waals surface area contributed by atoms with E-state index in [0.29, 0.717) is 22.2 Å². The Morgan fingerprint density at radius 1 is 1.05 bits per heavy atom. The quantitative estimate of drug-likeness (QED) is 0.238. The van der Waals surface area contributed by atoms with Crippen molar-refractivity contribution in [3.05, 3.63) is 99.6 Å². The average Bonchev–Trinajstić information content (AvgIpc) is 3.37. The van der Waals surface area contributed by atoms with Crippen molar-refractivity contribution in [3.63, 3.8) is 0 Å². The number of nitrogens with zero attached hydrogens (tertiary/aromatic N) is 4. The first-order chi connectivity index (χ1) is 18.1. The van der Waals surface area contributed by atoms with Crippen molar-refractivity contribution in [1.29, 1.82) is 0 Å². The van der Waals surface area contributed by atoms with Crippen LogP contribution in [0.25, 0.3) is 10.8 Å². The summed E-state index contributed by atoms with van der Waals surface area (Å²) >= 11 is 11.6. The third-order valence-electron chi connectivity index (χ3n) is 6.04. The molecule has 0 saturated carbocycles. The summed E-state index contributed by atoms with van der Waals surface area (Å²) in [7, 11) is 0. The van der Waals surface area contributed by atoms with Crippen LogP contribution in [-0.2, 0) is 17.0 Å². The third kappa shape index (κ3) is 4.52. The number of alkyl halides is 3. The first kappa shape index (κ1) is 25.8. The lowest BCUT2D eigenvalue weighted by molar-refractivity contribution is -0.275. The lowest BCUT2D eigenvalue weighted by Gasteiger charge is -2.29. The summed E-state index contributed by atoms with van der Waals surface area (Å²) in [6.45, 7) is 0.0701. The molecule has 2 aromatic carbocycles. The van der Waals surface area contributed by atoms with Gasteiger partial charge in [0, 0.05) is 53.3 Å². The second-order valence-corrected chi connectivity index (χ2v) is 9.13. The molecule has 1 aliphatic rings. The molecule has 7 nitrogen and oxygen atoms in total. The Morgan fingerprint density at radius 3 is 2.45 bits per heavy atom. The largest absolute Gasteiger partial charge is 0.435 e. The lowest BCUT2D eigenvalue weighted by atomic mass is 9.85. The molecule has 0 bridgehead atoms. The van der Waals surface area contributed by atoms with Crippen LogP contribution in [0.4, 0.5) is 17.6 Å². The summed E-state index contributed by atoms with van der Waals surface area (Å²) in [5.74, 6) is -1.09. The van der Waals surface area contributed by atoms with E-state index in [4.69, 9.17) is 28.0 Å². The highest BCUT2D eigenvalue weighted by Crippen LogP contribution is 2.50. The molecular weight excluding hydrogens is 549 g/mol. The maximum Gasteiger partial charge on any atom is 0.435 e. The molecule has 5 rings (SSSR count). The van der Waals surface area contributed by atoms with Gasteiger partial charge in [0.1, 0.15) is 5.82 Å². The number of amides is 1. The zero-order valence-electron chi connectivity index (χ0n) is 19.1. The van der Waals surface area contributed by atoms with Crippen LogP contribution in [0.15, 0.2) is 66.3 Å². The normalized spacial score (nSPS) is 17.3. The summed E-state index contributed by atoms with van der Waals surface area (Å²) < 4.78 is 57.2. The van der Waals surface area contributed by atoms with E-state index >= 15 is 0 Å². The summed E-state index contributed by atoms with van der Waals surface area (Å²) in [5, 5.41) is 6.13. The van der Waals surface area contributed by atoms with Crippen molar-refractivity contribution < 1.29 is 27.2 Å². The fraction of sp³-hybridized carbons (Fsp3) is 0.160. The number of carbonyl (C=O) groups excluding carboxylic acids is 1. The number of benzene rings is 2. The van der Waals surface area contributed by atoms with Gasteiger partial charge < -0.3 is 10.2 Å². The van der Waals surface area contributed by atoms with Gasteiger partial charge in [-0.1, -0.05) is 34.4 Å². The predicted octanol–water partition coefficient (Wildman–Crippen LogP) is 5.98. The van der Waals surface area contributed by atoms with Gasteiger partial charge >= 0.3 is 6.18 Å². The summed E-state index contributed by atoms with van der Waals surface area (Å²) in [6.07, 6.45) is 0.254. The van der Waals surface area contributed by atoms with Crippen LogP contribution < -0.4 is 5.32 Å². The first-order valence-electron chi connectivity index (χ1n) is 11.0. The fourth-order valence-electron chi connectivity index (χ4n) is 4.15. The number of pyridine rings is 1. The van der Waals surface area contributed by atoms with Crippen molar-refractivity contribution >= 4 is 45.6 Å². The molecule has 0 unspecified atom stereocenters. The van der Waals surface area contributed by atoms with Crippen LogP contribution in [0.1, 0.15) is 33.7 Å². The van der Waals surface area contributed by atoms with E-state index in [-0.39, 0.29) is 17.8 Å². The molecule has 38 heavy (non-hydrogen) atoms. The van der Waals surface area contributed by atoms with Gasteiger partial charge in [0.25, 0.3) is 11.5 Å². The molecule has 1 atom stereocenters. The molecule has 2 aromatic heterocycles. The van der Waals surface area contributed by atoms with Crippen molar-refractivity contribution in [1.82, 2.24) is 20.3 Å². The topological polar surface area (TPSA) is 89.4 Å². The van der Waals surface area contributed by atoms with E-state index in [0.717, 1.165) is 12.1 Å². The minimum atomic E-state index is -4.96. The van der Waals surface area contributed by atoms with Crippen LogP contribution in [0, 0.1) is 5.82 Å². The number of halogens is 6. The minimum absolute atomic E-state index is 0.0419. The number of oxime groups is 1. The molecular formula is C25H15Cl2F4N5O2. The van der Waals surface area contributed by atoms with E-state index < -0.39 is 45.5 Å². The summed E-state index contributed by atoms with van der Waals surface area (Å²) in [5.41, 5.74) is -2.94. The Labute approximate surface area is 222 Å². The SMILES string of the molecule is O=C(NCc1ncccn1)c1ccc(C2=NO[C@@](c3cc(Cl)c(F)c(Cl)c3)(C(F)(F)F)C2)c2ccncc12. The monoisotopic (exact) mass is 563 g/mol. The maximum absolute atomic E-state index is 14.4. The van der Waals surface area contributed by atoms with Gasteiger partial charge in [0.05, 0.1) is 22.3 Å². The average molecular weight is 564 g/mol. The van der Waals surface area contributed by atoms with Crippen LogP contribution in [0.2, 0.25) is 10.0 Å². The number of carbonyl (C=O) groups is 1. The number of fused-ring (bicyclic) bond motifs is 1. The number of rotatable bonds is 5. The van der Waals surface area contributed by atoms with Gasteiger partial charge in [0.15, 0.2) is 5.82 Å². The second kappa shape index (κ2) is 9.80. The molecule has 0 spiro atoms. The molecule has 0 fully saturated rings. The molecule has 0 aliphatic carbocycles. The molecule has 13 heteroatoms. The van der Waals surface area contributed by atoms with Gasteiger partial charge in [-0.05, 0) is 35.7 Å². The predicted molar refractivity (Wildman–Crippen MR) is 131 cm³/mol. The minimum Gasteiger partial charge on any atom is -0.374 e. The van der Waals surface area contributed by atoms with Crippen molar-refractivity contribution in [3.8, 4) is 0 Å². The zero-order valence-corrected chi connectivity index (χ0v) is 20.6. The van der Waals surface area contributed by atoms with E-state index in [1.807, 2.05) is 0 Å². The fourth-order valence-corrected chi connectivity index (χ4v) is 4.64. The van der Waals surface area contributed by atoms with Gasteiger partial charge in [0.2, 0.25) is 0 Å². The molecule has 194 valence electrons. The number of hydrogen-bond acceptors (Lipinski definition) is 6. The molecule has 0 saturated heterocycles. The van der Waals surface area contributed by atoms with Crippen molar-refractivity contribution in [2.45, 2.75) is 24.7 Å². The molecule has 3 heterocycles. The number of nitrogens with one attached hydrogen (secondary N) is 1. The highest BCUT2D eigenvalue weighted by molar-refractivity contribution is 6.35. The Morgan fingerprint density at radius 2 is 1.76 bits per heavy atom. The van der Waals surface area contributed by atoms with Gasteiger partial charge in [-0.15, -0.1) is 0 Å². The van der Waals surface area contributed by atoms with Crippen LogP contribution in [0.3, 0.4) is 0 Å². The third-order valence-corrected chi connectivity index (χ3v) is 6.59. The van der Waals surface area contributed by atoms with Gasteiger partial charge in [-0.3, -0.25) is 9.78 Å². The standard InChI is InChI=1S/C25H15Cl2F4N5O2/c26-18-8-13(9-19(27)22(18)28)24(25(29,30)31)10-20(36-38-24)15-2-3-16(17-11-32-7-4-14(15)17)23(37)35-12-21-33-5-1-6-34-21/h1-9,11H,10,12H2,(H,35,37)/t24-/m0/s1. The van der Waals surface area contributed by atoms with Crippen molar-refractivity contribution in [2.75, 3.05) is 0 Å². The van der Waals surface area contributed by atoms with Gasteiger partial charge in [-0.25, -0.2) is 14.4 Å². The molecule has 0 radical (unpaired) electrons. The molecule has 4 aromatic rings. The van der Waals surface area contributed by atoms with Crippen LogP contribution >= 0.6 is 23.2 Å². The van der Waals surface area contributed by atoms with Gasteiger partial charge in [-0.2, -0.15) is 13.2 Å². The smallest absolute Gasteiger partial charge is 0.374 e. The highest BCUT2D eigenvalue weighted by Gasteiger charge is 2.62. The van der Waals surface area contributed by atoms with E-state index in [1.54, 1.807) is 24.5 Å². The number of hydrogen-bond donors (Lipinski definition) is 1. The zero-order chi connectivity index (χ0) is 27.1. The molecule has 1 amide bonds. The first-order valence-corrected chi connectivity index (χ1v) is 11.7.